The first-order valence-corrected chi connectivity index (χ1v) is 9.54. The molecule has 160 valence electrons. The summed E-state index contributed by atoms with van der Waals surface area (Å²) in [5.41, 5.74) is 8.80. The first-order chi connectivity index (χ1) is 13.4. The van der Waals surface area contributed by atoms with Gasteiger partial charge in [0.15, 0.2) is 0 Å². The molecule has 3 aromatic carbocycles. The van der Waals surface area contributed by atoms with Crippen LogP contribution in [0.15, 0.2) is 76.7 Å². The molecule has 0 saturated heterocycles. The number of hydrogen-bond donors (Lipinski definition) is 0. The second-order valence-corrected chi connectivity index (χ2v) is 6.95. The molecule has 0 amide bonds. The number of benzene rings is 3. The summed E-state index contributed by atoms with van der Waals surface area (Å²) in [6.45, 7) is 12.4. The maximum absolute atomic E-state index is 4.80. The maximum Gasteiger partial charge on any atom is 2.00 e. The second-order valence-electron chi connectivity index (χ2n) is 6.95. The fourth-order valence-electron chi connectivity index (χ4n) is 2.80. The van der Waals surface area contributed by atoms with E-state index in [1.54, 1.807) is 0 Å². The Kier molecular flexibility index (Phi) is 12.8. The van der Waals surface area contributed by atoms with E-state index in [0.717, 1.165) is 22.8 Å². The molecular formula is C27H32N2Pt. The average Bonchev–Trinajstić information content (AvgIpc) is 2.69. The molecule has 0 fully saturated rings. The van der Waals surface area contributed by atoms with Crippen molar-refractivity contribution in [3.63, 3.8) is 0 Å². The van der Waals surface area contributed by atoms with Crippen LogP contribution in [0.4, 0.5) is 11.4 Å². The molecule has 0 saturated carbocycles. The van der Waals surface area contributed by atoms with Gasteiger partial charge in [-0.15, -0.1) is 0 Å². The molecule has 3 heteroatoms. The Hall–Kier alpha value is -2.31. The first-order valence-electron chi connectivity index (χ1n) is 9.54. The summed E-state index contributed by atoms with van der Waals surface area (Å²) in [6.07, 6.45) is 0. The number of aryl methyl sites for hydroxylation is 4. The summed E-state index contributed by atoms with van der Waals surface area (Å²) in [5.74, 6) is 0. The first kappa shape index (κ1) is 27.7. The number of hydrogen-bond acceptors (Lipinski definition) is 2. The van der Waals surface area contributed by atoms with Gasteiger partial charge in [-0.25, -0.2) is 0 Å². The van der Waals surface area contributed by atoms with Crippen LogP contribution in [0.3, 0.4) is 0 Å². The molecule has 0 heterocycles. The Bertz CT molecular complexity index is 841. The van der Waals surface area contributed by atoms with Gasteiger partial charge in [0.2, 0.25) is 0 Å². The van der Waals surface area contributed by atoms with Crippen LogP contribution in [0, 0.1) is 41.2 Å². The standard InChI is InChI=1S/C20H24N2.C6H5.CH3.Pt/c1-13-9-7-10-14(2)19(13)21-17(5)18(6)22-20-15(3)11-8-12-16(20)4;1-2-4-6-5-3-1;;/h7-12H,1-6H3;1-5H;1H3;/q;2*-1;+2. The molecule has 0 spiro atoms. The van der Waals surface area contributed by atoms with Crippen LogP contribution in [0.1, 0.15) is 36.1 Å². The topological polar surface area (TPSA) is 24.7 Å². The molecule has 3 rings (SSSR count). The van der Waals surface area contributed by atoms with Gasteiger partial charge in [0, 0.05) is 0 Å². The van der Waals surface area contributed by atoms with E-state index in [0.29, 0.717) is 0 Å². The van der Waals surface area contributed by atoms with E-state index in [4.69, 9.17) is 9.98 Å². The van der Waals surface area contributed by atoms with E-state index in [-0.39, 0.29) is 28.5 Å². The second kappa shape index (κ2) is 13.8. The van der Waals surface area contributed by atoms with Gasteiger partial charge < -0.3 is 7.43 Å². The van der Waals surface area contributed by atoms with Gasteiger partial charge in [-0.05, 0) is 63.8 Å². The minimum Gasteiger partial charge on any atom is -0.358 e. The molecule has 0 atom stereocenters. The third-order valence-corrected chi connectivity index (χ3v) is 4.57. The van der Waals surface area contributed by atoms with Crippen molar-refractivity contribution in [1.82, 2.24) is 0 Å². The monoisotopic (exact) mass is 579 g/mol. The van der Waals surface area contributed by atoms with Crippen LogP contribution in [-0.4, -0.2) is 11.4 Å². The quantitative estimate of drug-likeness (QED) is 0.224. The van der Waals surface area contributed by atoms with Crippen molar-refractivity contribution in [2.75, 3.05) is 0 Å². The van der Waals surface area contributed by atoms with E-state index in [9.17, 15) is 0 Å². The number of para-hydroxylation sites is 2. The number of rotatable bonds is 3. The molecule has 0 unspecified atom stereocenters. The molecule has 0 aliphatic heterocycles. The maximum atomic E-state index is 4.80. The third kappa shape index (κ3) is 8.20. The van der Waals surface area contributed by atoms with Crippen molar-refractivity contribution >= 4 is 22.8 Å². The van der Waals surface area contributed by atoms with Crippen molar-refractivity contribution in [3.05, 3.63) is 102 Å². The van der Waals surface area contributed by atoms with Crippen molar-refractivity contribution in [1.29, 1.82) is 0 Å². The van der Waals surface area contributed by atoms with Crippen LogP contribution in [0.25, 0.3) is 0 Å². The molecule has 0 radical (unpaired) electrons. The Morgan fingerprint density at radius 2 is 0.933 bits per heavy atom. The zero-order valence-corrected chi connectivity index (χ0v) is 21.3. The van der Waals surface area contributed by atoms with Crippen molar-refractivity contribution in [2.24, 2.45) is 9.98 Å². The van der Waals surface area contributed by atoms with E-state index in [2.05, 4.69) is 70.2 Å². The summed E-state index contributed by atoms with van der Waals surface area (Å²) in [4.78, 5) is 9.60. The summed E-state index contributed by atoms with van der Waals surface area (Å²) >= 11 is 0. The number of aliphatic imine (C=N–C) groups is 2. The van der Waals surface area contributed by atoms with Gasteiger partial charge in [-0.2, -0.15) is 36.4 Å². The Morgan fingerprint density at radius 3 is 1.17 bits per heavy atom. The number of nitrogens with zero attached hydrogens (tertiary/aromatic N) is 2. The molecule has 30 heavy (non-hydrogen) atoms. The van der Waals surface area contributed by atoms with Gasteiger partial charge in [-0.1, -0.05) is 36.4 Å². The van der Waals surface area contributed by atoms with E-state index in [1.165, 1.54) is 22.3 Å². The van der Waals surface area contributed by atoms with Crippen LogP contribution in [0.5, 0.6) is 0 Å². The van der Waals surface area contributed by atoms with E-state index < -0.39 is 0 Å². The van der Waals surface area contributed by atoms with Crippen molar-refractivity contribution in [2.45, 2.75) is 41.5 Å². The van der Waals surface area contributed by atoms with Crippen LogP contribution in [0.2, 0.25) is 0 Å². The van der Waals surface area contributed by atoms with Gasteiger partial charge in [0.1, 0.15) is 0 Å². The zero-order chi connectivity index (χ0) is 20.5. The van der Waals surface area contributed by atoms with Crippen LogP contribution >= 0.6 is 0 Å². The largest absolute Gasteiger partial charge is 2.00 e. The van der Waals surface area contributed by atoms with E-state index >= 15 is 0 Å². The summed E-state index contributed by atoms with van der Waals surface area (Å²) in [6, 6.07) is 25.0. The predicted octanol–water partition coefficient (Wildman–Crippen LogP) is 7.74. The molecular weight excluding hydrogens is 547 g/mol. The third-order valence-electron chi connectivity index (χ3n) is 4.57. The molecule has 0 N–H and O–H groups in total. The minimum atomic E-state index is 0. The van der Waals surface area contributed by atoms with Gasteiger partial charge in [0.05, 0.1) is 22.8 Å². The molecule has 2 nitrogen and oxygen atoms in total. The fraction of sp³-hybridized carbons (Fsp3) is 0.222. The fourth-order valence-corrected chi connectivity index (χ4v) is 2.80. The van der Waals surface area contributed by atoms with E-state index in [1.807, 2.05) is 44.2 Å². The average molecular weight is 580 g/mol. The van der Waals surface area contributed by atoms with Crippen LogP contribution in [-0.2, 0) is 21.1 Å². The van der Waals surface area contributed by atoms with Gasteiger partial charge >= 0.3 is 21.1 Å². The van der Waals surface area contributed by atoms with Crippen molar-refractivity contribution in [3.8, 4) is 0 Å². The van der Waals surface area contributed by atoms with Gasteiger partial charge in [-0.3, -0.25) is 9.98 Å². The predicted molar refractivity (Wildman–Crippen MR) is 129 cm³/mol. The SMILES string of the molecule is CC(=Nc1c(C)cccc1C)C(C)=Nc1c(C)cccc1C.[CH3-].[Pt+2].[c-]1ccccc1. The smallest absolute Gasteiger partial charge is 0.358 e. The molecule has 0 aliphatic carbocycles. The molecule has 0 bridgehead atoms. The Balaban J connectivity index is 0.000000906. The summed E-state index contributed by atoms with van der Waals surface area (Å²) in [7, 11) is 0. The normalized spacial score (nSPS) is 10.9. The molecule has 3 aromatic rings. The minimum absolute atomic E-state index is 0. The van der Waals surface area contributed by atoms with Crippen molar-refractivity contribution < 1.29 is 21.1 Å². The summed E-state index contributed by atoms with van der Waals surface area (Å²) in [5, 5.41) is 0. The Morgan fingerprint density at radius 1 is 0.600 bits per heavy atom. The zero-order valence-electron chi connectivity index (χ0n) is 19.1. The van der Waals surface area contributed by atoms with Gasteiger partial charge in [0.25, 0.3) is 0 Å². The summed E-state index contributed by atoms with van der Waals surface area (Å²) < 4.78 is 0. The Labute approximate surface area is 197 Å². The molecule has 0 aromatic heterocycles. The van der Waals surface area contributed by atoms with Crippen LogP contribution < -0.4 is 0 Å². The molecule has 0 aliphatic rings.